The van der Waals surface area contributed by atoms with Crippen LogP contribution in [0.2, 0.25) is 0 Å². The van der Waals surface area contributed by atoms with Crippen molar-refractivity contribution < 1.29 is 14.6 Å². The van der Waals surface area contributed by atoms with Crippen molar-refractivity contribution in [3.63, 3.8) is 0 Å². The van der Waals surface area contributed by atoms with Crippen molar-refractivity contribution in [2.45, 2.75) is 12.1 Å². The van der Waals surface area contributed by atoms with Crippen molar-refractivity contribution in [1.82, 2.24) is 10.2 Å². The highest BCUT2D eigenvalue weighted by atomic mass is 16.5. The average molecular weight is 172 g/mol. The van der Waals surface area contributed by atoms with Crippen molar-refractivity contribution in [3.05, 3.63) is 0 Å². The molecular weight excluding hydrogens is 160 g/mol. The fraction of sp³-hybridized carbons (Fsp3) is 0.857. The third kappa shape index (κ3) is 1.25. The number of likely N-dealkylation sites (tertiary alicyclic amines) is 1. The summed E-state index contributed by atoms with van der Waals surface area (Å²) in [6.45, 7) is 2.58. The lowest BCUT2D eigenvalue weighted by molar-refractivity contribution is 0.0179. The minimum absolute atomic E-state index is 0.0647. The van der Waals surface area contributed by atoms with Gasteiger partial charge >= 0.3 is 6.09 Å². The molecule has 2 atom stereocenters. The average Bonchev–Trinajstić information content (AvgIpc) is 2.46. The van der Waals surface area contributed by atoms with E-state index in [1.165, 1.54) is 4.90 Å². The van der Waals surface area contributed by atoms with E-state index in [2.05, 4.69) is 5.32 Å². The minimum Gasteiger partial charge on any atom is -0.465 e. The van der Waals surface area contributed by atoms with Crippen molar-refractivity contribution in [2.24, 2.45) is 0 Å². The molecule has 0 aromatic rings. The van der Waals surface area contributed by atoms with Crippen LogP contribution in [0.5, 0.6) is 0 Å². The summed E-state index contributed by atoms with van der Waals surface area (Å²) < 4.78 is 5.41. The van der Waals surface area contributed by atoms with Crippen LogP contribution < -0.4 is 5.32 Å². The highest BCUT2D eigenvalue weighted by Crippen LogP contribution is 2.15. The molecule has 0 unspecified atom stereocenters. The molecule has 2 N–H and O–H groups in total. The van der Waals surface area contributed by atoms with Crippen molar-refractivity contribution in [3.8, 4) is 0 Å². The van der Waals surface area contributed by atoms with Gasteiger partial charge in [0.1, 0.15) is 0 Å². The number of ether oxygens (including phenoxy) is 1. The first-order chi connectivity index (χ1) is 5.77. The van der Waals surface area contributed by atoms with Gasteiger partial charge in [0.2, 0.25) is 0 Å². The Morgan fingerprint density at radius 2 is 2.42 bits per heavy atom. The number of fused-ring (bicyclic) bond motifs is 1. The summed E-state index contributed by atoms with van der Waals surface area (Å²) in [5.74, 6) is 0. The van der Waals surface area contributed by atoms with E-state index in [9.17, 15) is 4.79 Å². The van der Waals surface area contributed by atoms with E-state index >= 15 is 0 Å². The lowest BCUT2D eigenvalue weighted by atomic mass is 10.2. The van der Waals surface area contributed by atoms with E-state index < -0.39 is 6.09 Å². The van der Waals surface area contributed by atoms with Gasteiger partial charge in [-0.1, -0.05) is 0 Å². The largest absolute Gasteiger partial charge is 0.465 e. The zero-order valence-corrected chi connectivity index (χ0v) is 6.69. The van der Waals surface area contributed by atoms with E-state index in [0.717, 1.165) is 6.54 Å². The van der Waals surface area contributed by atoms with Crippen LogP contribution in [-0.4, -0.2) is 54.5 Å². The van der Waals surface area contributed by atoms with Crippen LogP contribution in [0.25, 0.3) is 0 Å². The van der Waals surface area contributed by atoms with Crippen LogP contribution in [0.4, 0.5) is 4.79 Å². The van der Waals surface area contributed by atoms with E-state index in [4.69, 9.17) is 9.84 Å². The molecule has 0 aromatic carbocycles. The first-order valence-corrected chi connectivity index (χ1v) is 4.10. The van der Waals surface area contributed by atoms with Gasteiger partial charge in [0.15, 0.2) is 0 Å². The second kappa shape index (κ2) is 2.91. The van der Waals surface area contributed by atoms with Gasteiger partial charge in [-0.15, -0.1) is 0 Å². The Morgan fingerprint density at radius 3 is 3.08 bits per heavy atom. The molecule has 12 heavy (non-hydrogen) atoms. The minimum atomic E-state index is -0.852. The summed E-state index contributed by atoms with van der Waals surface area (Å²) in [6.07, 6.45) is -0.787. The number of carboxylic acid groups (broad SMARTS) is 1. The van der Waals surface area contributed by atoms with E-state index in [0.29, 0.717) is 19.7 Å². The molecule has 2 aliphatic rings. The molecule has 2 rings (SSSR count). The molecule has 2 fully saturated rings. The maximum Gasteiger partial charge on any atom is 0.407 e. The topological polar surface area (TPSA) is 61.8 Å². The summed E-state index contributed by atoms with van der Waals surface area (Å²) in [6, 6.07) is 0.204. The molecule has 0 spiro atoms. The molecule has 0 bridgehead atoms. The number of amides is 1. The molecule has 5 heteroatoms. The Bertz CT molecular complexity index is 183. The second-order valence-electron chi connectivity index (χ2n) is 3.16. The molecule has 0 aliphatic carbocycles. The molecule has 5 nitrogen and oxygen atoms in total. The van der Waals surface area contributed by atoms with Gasteiger partial charge in [0, 0.05) is 13.1 Å². The first-order valence-electron chi connectivity index (χ1n) is 4.10. The van der Waals surface area contributed by atoms with Gasteiger partial charge in [-0.25, -0.2) is 4.79 Å². The number of morpholine rings is 1. The van der Waals surface area contributed by atoms with Crippen LogP contribution in [0.1, 0.15) is 0 Å². The fourth-order valence-corrected chi connectivity index (χ4v) is 1.75. The lowest BCUT2D eigenvalue weighted by Crippen LogP contribution is -2.47. The monoisotopic (exact) mass is 172 g/mol. The molecular formula is C7H12N2O3. The molecule has 1 amide bonds. The van der Waals surface area contributed by atoms with Crippen molar-refractivity contribution in [1.29, 1.82) is 0 Å². The SMILES string of the molecule is O=C(O)N1C[C@@H]2NCCO[C@@H]2C1. The third-order valence-electron chi connectivity index (χ3n) is 2.38. The predicted octanol–water partition coefficient (Wildman–Crippen LogP) is -0.663. The van der Waals surface area contributed by atoms with Crippen molar-refractivity contribution >= 4 is 6.09 Å². The van der Waals surface area contributed by atoms with Crippen LogP contribution in [0, 0.1) is 0 Å². The lowest BCUT2D eigenvalue weighted by Gasteiger charge is -2.25. The molecule has 2 heterocycles. The Hall–Kier alpha value is -0.810. The molecule has 0 aromatic heterocycles. The Labute approximate surface area is 70.3 Å². The molecule has 2 saturated heterocycles. The highest BCUT2D eigenvalue weighted by molar-refractivity contribution is 5.65. The van der Waals surface area contributed by atoms with Crippen molar-refractivity contribution in [2.75, 3.05) is 26.2 Å². The molecule has 0 radical (unpaired) electrons. The number of carbonyl (C=O) groups is 1. The van der Waals surface area contributed by atoms with Gasteiger partial charge < -0.3 is 20.1 Å². The maximum absolute atomic E-state index is 10.6. The van der Waals surface area contributed by atoms with Gasteiger partial charge in [-0.05, 0) is 0 Å². The number of hydrogen-bond donors (Lipinski definition) is 2. The summed E-state index contributed by atoms with van der Waals surface area (Å²) in [5.41, 5.74) is 0. The molecule has 68 valence electrons. The molecule has 2 aliphatic heterocycles. The normalized spacial score (nSPS) is 34.8. The van der Waals surface area contributed by atoms with Crippen LogP contribution in [0.15, 0.2) is 0 Å². The number of rotatable bonds is 0. The maximum atomic E-state index is 10.6. The van der Waals surface area contributed by atoms with E-state index in [1.54, 1.807) is 0 Å². The summed E-state index contributed by atoms with van der Waals surface area (Å²) >= 11 is 0. The van der Waals surface area contributed by atoms with Gasteiger partial charge in [-0.3, -0.25) is 0 Å². The first kappa shape index (κ1) is 7.82. The van der Waals surface area contributed by atoms with Crippen LogP contribution in [0.3, 0.4) is 0 Å². The Balaban J connectivity index is 1.98. The molecule has 0 saturated carbocycles. The zero-order valence-electron chi connectivity index (χ0n) is 6.69. The van der Waals surface area contributed by atoms with E-state index in [1.807, 2.05) is 0 Å². The Kier molecular flexibility index (Phi) is 1.90. The third-order valence-corrected chi connectivity index (χ3v) is 2.38. The number of hydrogen-bond acceptors (Lipinski definition) is 3. The quantitative estimate of drug-likeness (QED) is 0.509. The van der Waals surface area contributed by atoms with Gasteiger partial charge in [0.05, 0.1) is 25.3 Å². The van der Waals surface area contributed by atoms with Crippen LogP contribution in [-0.2, 0) is 4.74 Å². The van der Waals surface area contributed by atoms with Crippen LogP contribution >= 0.6 is 0 Å². The van der Waals surface area contributed by atoms with Gasteiger partial charge in [-0.2, -0.15) is 0 Å². The summed E-state index contributed by atoms with van der Waals surface area (Å²) in [7, 11) is 0. The predicted molar refractivity (Wildman–Crippen MR) is 41.1 cm³/mol. The zero-order chi connectivity index (χ0) is 8.55. The number of nitrogens with zero attached hydrogens (tertiary/aromatic N) is 1. The smallest absolute Gasteiger partial charge is 0.407 e. The Morgan fingerprint density at radius 1 is 1.58 bits per heavy atom. The summed E-state index contributed by atoms with van der Waals surface area (Å²) in [5, 5.41) is 11.9. The fourth-order valence-electron chi connectivity index (χ4n) is 1.75. The van der Waals surface area contributed by atoms with Gasteiger partial charge in [0.25, 0.3) is 0 Å². The van der Waals surface area contributed by atoms with E-state index in [-0.39, 0.29) is 12.1 Å². The second-order valence-corrected chi connectivity index (χ2v) is 3.16. The summed E-state index contributed by atoms with van der Waals surface area (Å²) in [4.78, 5) is 12.0. The number of nitrogens with one attached hydrogen (secondary N) is 1. The standard InChI is InChI=1S/C7H12N2O3/c10-7(11)9-3-5-6(4-9)12-2-1-8-5/h5-6,8H,1-4H2,(H,10,11)/t5-,6+/m0/s1. The highest BCUT2D eigenvalue weighted by Gasteiger charge is 2.37.